The highest BCUT2D eigenvalue weighted by Gasteiger charge is 2.64. The van der Waals surface area contributed by atoms with Crippen LogP contribution in [0.5, 0.6) is 11.5 Å². The number of nitrogens with one attached hydrogen (secondary N) is 3. The van der Waals surface area contributed by atoms with E-state index in [1.54, 1.807) is 42.5 Å². The summed E-state index contributed by atoms with van der Waals surface area (Å²) in [7, 11) is 0. The lowest BCUT2D eigenvalue weighted by atomic mass is 9.49. The molecule has 0 bridgehead atoms. The van der Waals surface area contributed by atoms with Gasteiger partial charge in [0.15, 0.2) is 0 Å². The topological polar surface area (TPSA) is 155 Å². The number of ether oxygens (including phenoxy) is 4. The van der Waals surface area contributed by atoms with Gasteiger partial charge in [-0.3, -0.25) is 9.59 Å². The standard InChI is InChI=1S/C51H56Cl3F2N5O6/c1-48(2,3)27-40-51(29-58,36-18-14-32(52)25-39(36)55)41(35-9-8-10-37(53)42(35)56)43(60-40)45(63)59-19-20-64-21-22-65-23-24-66-33-15-11-30(12-16-33)44(62)61-46-49(4,5)47(50(46,6)7)67-34-17-13-31(28-57)38(54)26-34/h8-18,25-26,40-41,43,46-47,60H,19-24,27H2,1-7H3,(H,59,63)(H,61,62)/t40-,41-,43+,46?,47?,51-/m0/s1. The van der Waals surface area contributed by atoms with Crippen LogP contribution in [0.1, 0.15) is 87.9 Å². The molecule has 4 aromatic rings. The van der Waals surface area contributed by atoms with Crippen molar-refractivity contribution in [2.24, 2.45) is 16.2 Å². The van der Waals surface area contributed by atoms with Crippen LogP contribution in [0.3, 0.4) is 0 Å². The molecule has 2 fully saturated rings. The minimum absolute atomic E-state index is 0.00108. The first-order valence-electron chi connectivity index (χ1n) is 22.1. The molecule has 1 saturated heterocycles. The third kappa shape index (κ3) is 11.2. The van der Waals surface area contributed by atoms with Crippen molar-refractivity contribution < 1.29 is 37.3 Å². The van der Waals surface area contributed by atoms with Gasteiger partial charge < -0.3 is 34.9 Å². The summed E-state index contributed by atoms with van der Waals surface area (Å²) in [4.78, 5) is 27.3. The van der Waals surface area contributed by atoms with Crippen LogP contribution in [-0.2, 0) is 19.7 Å². The number of carbonyl (C=O) groups excluding carboxylic acids is 2. The number of rotatable bonds is 18. The van der Waals surface area contributed by atoms with Gasteiger partial charge in [0, 0.05) is 57.6 Å². The van der Waals surface area contributed by atoms with Crippen LogP contribution < -0.4 is 25.4 Å². The van der Waals surface area contributed by atoms with Crippen LogP contribution in [0.15, 0.2) is 78.9 Å². The average molecular weight is 979 g/mol. The first-order chi connectivity index (χ1) is 31.6. The van der Waals surface area contributed by atoms with Gasteiger partial charge in [-0.05, 0) is 72.0 Å². The molecule has 67 heavy (non-hydrogen) atoms. The van der Waals surface area contributed by atoms with Crippen LogP contribution in [0, 0.1) is 50.5 Å². The van der Waals surface area contributed by atoms with E-state index in [4.69, 9.17) is 53.8 Å². The van der Waals surface area contributed by atoms with Crippen molar-refractivity contribution in [3.63, 3.8) is 0 Å². The maximum Gasteiger partial charge on any atom is 0.251 e. The van der Waals surface area contributed by atoms with Gasteiger partial charge in [0.05, 0.1) is 54.1 Å². The molecule has 16 heteroatoms. The number of benzene rings is 4. The molecule has 2 amide bonds. The molecule has 0 unspecified atom stereocenters. The summed E-state index contributed by atoms with van der Waals surface area (Å²) in [6.45, 7) is 15.3. The normalized spacial score (nSPS) is 22.7. The number of hydrogen-bond donors (Lipinski definition) is 3. The molecule has 11 nitrogen and oxygen atoms in total. The molecule has 4 aromatic carbocycles. The second-order valence-electron chi connectivity index (χ2n) is 19.4. The van der Waals surface area contributed by atoms with Crippen molar-refractivity contribution >= 4 is 46.6 Å². The van der Waals surface area contributed by atoms with Crippen molar-refractivity contribution in [2.45, 2.75) is 90.4 Å². The van der Waals surface area contributed by atoms with Crippen molar-refractivity contribution in [2.75, 3.05) is 39.6 Å². The summed E-state index contributed by atoms with van der Waals surface area (Å²) in [6.07, 6.45) is 0.119. The minimum atomic E-state index is -1.73. The SMILES string of the molecule is CC(C)(C)C[C@@H]1N[C@@H](C(=O)NCCOCCOCCOc2ccc(C(=O)NC3C(C)(C)C(Oc4ccc(C#N)c(Cl)c4)C3(C)C)cc2)[C@H](c2cccc(Cl)c2F)[C@@]1(C#N)c1ccc(Cl)cc1F. The highest BCUT2D eigenvalue weighted by atomic mass is 35.5. The minimum Gasteiger partial charge on any atom is -0.491 e. The van der Waals surface area contributed by atoms with E-state index in [1.807, 2.05) is 54.5 Å². The molecule has 1 aliphatic carbocycles. The number of hydrogen-bond acceptors (Lipinski definition) is 9. The van der Waals surface area contributed by atoms with Gasteiger partial charge in [0.25, 0.3) is 5.91 Å². The molecular formula is C51H56Cl3F2N5O6. The number of nitrogens with zero attached hydrogens (tertiary/aromatic N) is 2. The van der Waals surface area contributed by atoms with Crippen molar-refractivity contribution in [1.29, 1.82) is 10.5 Å². The fourth-order valence-electron chi connectivity index (χ4n) is 9.97. The van der Waals surface area contributed by atoms with E-state index in [2.05, 4.69) is 22.0 Å². The molecule has 356 valence electrons. The van der Waals surface area contributed by atoms with Gasteiger partial charge in [-0.2, -0.15) is 10.5 Å². The summed E-state index contributed by atoms with van der Waals surface area (Å²) < 4.78 is 55.3. The summed E-state index contributed by atoms with van der Waals surface area (Å²) >= 11 is 18.6. The third-order valence-corrected chi connectivity index (χ3v) is 13.5. The zero-order valence-corrected chi connectivity index (χ0v) is 40.8. The van der Waals surface area contributed by atoms with Gasteiger partial charge in [-0.1, -0.05) is 101 Å². The Morgan fingerprint density at radius 2 is 1.48 bits per heavy atom. The van der Waals surface area contributed by atoms with Gasteiger partial charge in [-0.25, -0.2) is 8.78 Å². The molecule has 4 atom stereocenters. The predicted molar refractivity (Wildman–Crippen MR) is 254 cm³/mol. The van der Waals surface area contributed by atoms with E-state index >= 15 is 8.78 Å². The lowest BCUT2D eigenvalue weighted by Crippen LogP contribution is -2.74. The maximum atomic E-state index is 15.9. The van der Waals surface area contributed by atoms with Crippen LogP contribution >= 0.6 is 34.8 Å². The quantitative estimate of drug-likeness (QED) is 0.0827. The number of nitriles is 2. The largest absolute Gasteiger partial charge is 0.491 e. The van der Waals surface area contributed by atoms with Gasteiger partial charge in [0.1, 0.15) is 47.3 Å². The van der Waals surface area contributed by atoms with Gasteiger partial charge in [0.2, 0.25) is 5.91 Å². The lowest BCUT2D eigenvalue weighted by molar-refractivity contribution is -0.164. The van der Waals surface area contributed by atoms with Crippen molar-refractivity contribution in [3.05, 3.63) is 128 Å². The Morgan fingerprint density at radius 3 is 2.10 bits per heavy atom. The van der Waals surface area contributed by atoms with Crippen molar-refractivity contribution in [1.82, 2.24) is 16.0 Å². The smallest absolute Gasteiger partial charge is 0.251 e. The number of halogens is 5. The number of carbonyl (C=O) groups is 2. The Kier molecular flexibility index (Phi) is 16.2. The summed E-state index contributed by atoms with van der Waals surface area (Å²) in [5, 5.41) is 29.8. The first-order valence-corrected chi connectivity index (χ1v) is 23.2. The summed E-state index contributed by atoms with van der Waals surface area (Å²) in [5.74, 6) is -2.31. The monoisotopic (exact) mass is 977 g/mol. The molecule has 0 aromatic heterocycles. The lowest BCUT2D eigenvalue weighted by Gasteiger charge is -2.63. The molecule has 0 radical (unpaired) electrons. The summed E-state index contributed by atoms with van der Waals surface area (Å²) in [6, 6.07) is 22.5. The highest BCUT2D eigenvalue weighted by molar-refractivity contribution is 6.32. The molecule has 1 aliphatic heterocycles. The molecule has 1 heterocycles. The van der Waals surface area contributed by atoms with Gasteiger partial charge >= 0.3 is 0 Å². The second-order valence-corrected chi connectivity index (χ2v) is 20.6. The zero-order chi connectivity index (χ0) is 48.9. The fraction of sp³-hybridized carbons (Fsp3) is 0.451. The van der Waals surface area contributed by atoms with Crippen molar-refractivity contribution in [3.8, 4) is 23.6 Å². The Bertz CT molecular complexity index is 2510. The van der Waals surface area contributed by atoms with E-state index in [9.17, 15) is 20.1 Å². The first kappa shape index (κ1) is 51.4. The molecule has 2 aliphatic rings. The predicted octanol–water partition coefficient (Wildman–Crippen LogP) is 9.96. The molecule has 0 spiro atoms. The molecule has 3 N–H and O–H groups in total. The van der Waals surface area contributed by atoms with Crippen LogP contribution in [-0.4, -0.2) is 75.6 Å². The third-order valence-electron chi connectivity index (χ3n) is 12.7. The van der Waals surface area contributed by atoms with Crippen LogP contribution in [0.2, 0.25) is 15.1 Å². The Hall–Kier alpha value is -4.99. The summed E-state index contributed by atoms with van der Waals surface area (Å²) in [5.41, 5.74) is -2.05. The maximum absolute atomic E-state index is 15.9. The molecule has 1 saturated carbocycles. The van der Waals surface area contributed by atoms with E-state index in [1.165, 1.54) is 30.3 Å². The highest BCUT2D eigenvalue weighted by Crippen LogP contribution is 2.56. The van der Waals surface area contributed by atoms with Gasteiger partial charge in [-0.15, -0.1) is 0 Å². The fourth-order valence-corrected chi connectivity index (χ4v) is 10.5. The van der Waals surface area contributed by atoms with E-state index in [0.717, 1.165) is 6.07 Å². The van der Waals surface area contributed by atoms with E-state index < -0.39 is 51.8 Å². The average Bonchev–Trinajstić information content (AvgIpc) is 3.58. The van der Waals surface area contributed by atoms with E-state index in [-0.39, 0.29) is 84.2 Å². The van der Waals surface area contributed by atoms with Crippen LogP contribution in [0.25, 0.3) is 0 Å². The Morgan fingerprint density at radius 1 is 0.821 bits per heavy atom. The van der Waals surface area contributed by atoms with Crippen LogP contribution in [0.4, 0.5) is 8.78 Å². The zero-order valence-electron chi connectivity index (χ0n) is 38.6. The Balaban J connectivity index is 0.948. The van der Waals surface area contributed by atoms with E-state index in [0.29, 0.717) is 34.1 Å². The Labute approximate surface area is 406 Å². The number of amides is 2. The second kappa shape index (κ2) is 21.1. The molecule has 6 rings (SSSR count). The molecular weight excluding hydrogens is 923 g/mol.